The van der Waals surface area contributed by atoms with Gasteiger partial charge in [-0.2, -0.15) is 0 Å². The topological polar surface area (TPSA) is 12.0 Å². The van der Waals surface area contributed by atoms with Crippen LogP contribution in [0.15, 0.2) is 36.4 Å². The van der Waals surface area contributed by atoms with Gasteiger partial charge in [0.05, 0.1) is 0 Å². The third kappa shape index (κ3) is 2.79. The molecule has 0 radical (unpaired) electrons. The lowest BCUT2D eigenvalue weighted by Gasteiger charge is -2.10. The second kappa shape index (κ2) is 5.36. The third-order valence-corrected chi connectivity index (χ3v) is 2.92. The second-order valence-corrected chi connectivity index (χ2v) is 4.46. The summed E-state index contributed by atoms with van der Waals surface area (Å²) in [5, 5.41) is 3.71. The summed E-state index contributed by atoms with van der Waals surface area (Å²) < 4.78 is 26.4. The maximum absolute atomic E-state index is 13.4. The molecule has 94 valence electrons. The lowest BCUT2D eigenvalue weighted by molar-refractivity contribution is 0.500. The van der Waals surface area contributed by atoms with Gasteiger partial charge >= 0.3 is 0 Å². The van der Waals surface area contributed by atoms with Crippen molar-refractivity contribution in [2.75, 3.05) is 5.32 Å². The van der Waals surface area contributed by atoms with Crippen LogP contribution in [0.3, 0.4) is 0 Å². The van der Waals surface area contributed by atoms with Crippen LogP contribution in [0.25, 0.3) is 0 Å². The lowest BCUT2D eigenvalue weighted by atomic mass is 10.1. The number of nitrogens with one attached hydrogen (secondary N) is 1. The van der Waals surface area contributed by atoms with Gasteiger partial charge < -0.3 is 5.32 Å². The van der Waals surface area contributed by atoms with Crippen LogP contribution in [0.1, 0.15) is 11.1 Å². The number of anilines is 1. The minimum atomic E-state index is -0.831. The number of benzene rings is 2. The number of aryl methyl sites for hydroxylation is 1. The average molecular weight is 268 g/mol. The Labute approximate surface area is 109 Å². The van der Waals surface area contributed by atoms with Crippen LogP contribution in [-0.2, 0) is 6.54 Å². The predicted molar refractivity (Wildman–Crippen MR) is 69.9 cm³/mol. The van der Waals surface area contributed by atoms with E-state index in [-0.39, 0.29) is 6.54 Å². The Bertz CT molecular complexity index is 570. The molecule has 2 aromatic rings. The van der Waals surface area contributed by atoms with E-state index in [1.807, 2.05) is 19.1 Å². The highest BCUT2D eigenvalue weighted by atomic mass is 35.5. The molecule has 0 bridgehead atoms. The van der Waals surface area contributed by atoms with Crippen molar-refractivity contribution in [3.8, 4) is 0 Å². The van der Waals surface area contributed by atoms with Crippen molar-refractivity contribution in [1.82, 2.24) is 0 Å². The quantitative estimate of drug-likeness (QED) is 0.861. The first kappa shape index (κ1) is 12.8. The van der Waals surface area contributed by atoms with E-state index >= 15 is 0 Å². The molecular formula is C14H12ClF2N. The second-order valence-electron chi connectivity index (χ2n) is 4.03. The molecule has 0 saturated carbocycles. The summed E-state index contributed by atoms with van der Waals surface area (Å²) >= 11 is 5.84. The molecule has 2 rings (SSSR count). The van der Waals surface area contributed by atoms with Gasteiger partial charge in [-0.05, 0) is 36.8 Å². The molecular weight excluding hydrogens is 256 g/mol. The van der Waals surface area contributed by atoms with Crippen LogP contribution in [0.2, 0.25) is 5.02 Å². The van der Waals surface area contributed by atoms with Crippen LogP contribution in [-0.4, -0.2) is 0 Å². The first-order chi connectivity index (χ1) is 8.58. The first-order valence-electron chi connectivity index (χ1n) is 5.51. The largest absolute Gasteiger partial charge is 0.381 e. The number of hydrogen-bond acceptors (Lipinski definition) is 1. The zero-order valence-corrected chi connectivity index (χ0v) is 10.6. The first-order valence-corrected chi connectivity index (χ1v) is 5.88. The van der Waals surface area contributed by atoms with Gasteiger partial charge in [0.2, 0.25) is 0 Å². The van der Waals surface area contributed by atoms with E-state index in [0.29, 0.717) is 10.6 Å². The monoisotopic (exact) mass is 267 g/mol. The minimum Gasteiger partial charge on any atom is -0.381 e. The van der Waals surface area contributed by atoms with Crippen molar-refractivity contribution in [3.63, 3.8) is 0 Å². The molecule has 18 heavy (non-hydrogen) atoms. The van der Waals surface area contributed by atoms with Gasteiger partial charge in [0.15, 0.2) is 11.6 Å². The van der Waals surface area contributed by atoms with Crippen LogP contribution >= 0.6 is 11.6 Å². The normalized spacial score (nSPS) is 10.4. The molecule has 0 aromatic heterocycles. The summed E-state index contributed by atoms with van der Waals surface area (Å²) in [6, 6.07) is 9.52. The van der Waals surface area contributed by atoms with Crippen LogP contribution in [0.5, 0.6) is 0 Å². The SMILES string of the molecule is Cc1cc(Cl)ccc1NCc1cccc(F)c1F. The summed E-state index contributed by atoms with van der Waals surface area (Å²) in [5.41, 5.74) is 2.10. The van der Waals surface area contributed by atoms with Crippen LogP contribution < -0.4 is 5.32 Å². The van der Waals surface area contributed by atoms with Crippen molar-refractivity contribution in [1.29, 1.82) is 0 Å². The van der Waals surface area contributed by atoms with Crippen molar-refractivity contribution in [2.24, 2.45) is 0 Å². The van der Waals surface area contributed by atoms with Crippen molar-refractivity contribution < 1.29 is 8.78 Å². The van der Waals surface area contributed by atoms with Gasteiger partial charge in [-0.1, -0.05) is 23.7 Å². The molecule has 2 aromatic carbocycles. The maximum atomic E-state index is 13.4. The summed E-state index contributed by atoms with van der Waals surface area (Å²) in [7, 11) is 0. The summed E-state index contributed by atoms with van der Waals surface area (Å²) in [6.45, 7) is 2.13. The van der Waals surface area contributed by atoms with Gasteiger partial charge in [0, 0.05) is 22.8 Å². The van der Waals surface area contributed by atoms with E-state index in [1.165, 1.54) is 6.07 Å². The Morgan fingerprint density at radius 2 is 1.94 bits per heavy atom. The van der Waals surface area contributed by atoms with Gasteiger partial charge in [-0.25, -0.2) is 8.78 Å². The Kier molecular flexibility index (Phi) is 3.82. The molecule has 0 amide bonds. The fourth-order valence-electron chi connectivity index (χ4n) is 1.70. The van der Waals surface area contributed by atoms with Crippen molar-refractivity contribution in [2.45, 2.75) is 13.5 Å². The van der Waals surface area contributed by atoms with E-state index in [2.05, 4.69) is 5.32 Å². The molecule has 1 N–H and O–H groups in total. The van der Waals surface area contributed by atoms with E-state index in [0.717, 1.165) is 17.3 Å². The zero-order chi connectivity index (χ0) is 13.1. The summed E-state index contributed by atoms with van der Waals surface area (Å²) in [4.78, 5) is 0. The van der Waals surface area contributed by atoms with Crippen LogP contribution in [0, 0.1) is 18.6 Å². The Morgan fingerprint density at radius 1 is 1.17 bits per heavy atom. The number of halogens is 3. The Balaban J connectivity index is 2.14. The molecule has 0 spiro atoms. The van der Waals surface area contributed by atoms with Gasteiger partial charge in [0.25, 0.3) is 0 Å². The highest BCUT2D eigenvalue weighted by molar-refractivity contribution is 6.30. The fourth-order valence-corrected chi connectivity index (χ4v) is 1.93. The highest BCUT2D eigenvalue weighted by Crippen LogP contribution is 2.21. The number of rotatable bonds is 3. The smallest absolute Gasteiger partial charge is 0.163 e. The van der Waals surface area contributed by atoms with Gasteiger partial charge in [-0.3, -0.25) is 0 Å². The van der Waals surface area contributed by atoms with Crippen molar-refractivity contribution in [3.05, 3.63) is 64.2 Å². The van der Waals surface area contributed by atoms with Gasteiger partial charge in [0.1, 0.15) is 0 Å². The van der Waals surface area contributed by atoms with Crippen LogP contribution in [0.4, 0.5) is 14.5 Å². The lowest BCUT2D eigenvalue weighted by Crippen LogP contribution is -2.04. The van der Waals surface area contributed by atoms with E-state index < -0.39 is 11.6 Å². The molecule has 0 aliphatic carbocycles. The van der Waals surface area contributed by atoms with E-state index in [4.69, 9.17) is 11.6 Å². The Hall–Kier alpha value is -1.61. The molecule has 0 aliphatic rings. The molecule has 0 heterocycles. The third-order valence-electron chi connectivity index (χ3n) is 2.69. The van der Waals surface area contributed by atoms with E-state index in [1.54, 1.807) is 12.1 Å². The zero-order valence-electron chi connectivity index (χ0n) is 9.81. The van der Waals surface area contributed by atoms with E-state index in [9.17, 15) is 8.78 Å². The van der Waals surface area contributed by atoms with Crippen molar-refractivity contribution >= 4 is 17.3 Å². The summed E-state index contributed by atoms with van der Waals surface area (Å²) in [6.07, 6.45) is 0. The molecule has 0 fully saturated rings. The molecule has 0 unspecified atom stereocenters. The standard InChI is InChI=1S/C14H12ClF2N/c1-9-7-11(15)5-6-13(9)18-8-10-3-2-4-12(16)14(10)17/h2-7,18H,8H2,1H3. The molecule has 4 heteroatoms. The minimum absolute atomic E-state index is 0.228. The Morgan fingerprint density at radius 3 is 2.67 bits per heavy atom. The fraction of sp³-hybridized carbons (Fsp3) is 0.143. The summed E-state index contributed by atoms with van der Waals surface area (Å²) in [5.74, 6) is -1.64. The maximum Gasteiger partial charge on any atom is 0.163 e. The van der Waals surface area contributed by atoms with Gasteiger partial charge in [-0.15, -0.1) is 0 Å². The molecule has 1 nitrogen and oxygen atoms in total. The predicted octanol–water partition coefficient (Wildman–Crippen LogP) is 4.54. The molecule has 0 aliphatic heterocycles. The molecule has 0 atom stereocenters. The highest BCUT2D eigenvalue weighted by Gasteiger charge is 2.07. The average Bonchev–Trinajstić information content (AvgIpc) is 2.33. The number of hydrogen-bond donors (Lipinski definition) is 1. The molecule has 0 saturated heterocycles.